The minimum Gasteiger partial charge on any atom is -0.391 e. The maximum absolute atomic E-state index is 12.2. The summed E-state index contributed by atoms with van der Waals surface area (Å²) in [4.78, 5) is 12.2. The first-order chi connectivity index (χ1) is 9.22. The standard InChI is InChI=1S/C15H21NO3/c1-19-14(11-7-3-2-4-8-11)15(18)16-12-9-5-6-10-13(12)17/h2-4,7-8,12-14,17H,5-6,9-10H2,1H3,(H,16,18)/t12-,13-,14?/m0/s1. The lowest BCUT2D eigenvalue weighted by atomic mass is 9.92. The predicted molar refractivity (Wildman–Crippen MR) is 72.6 cm³/mol. The van der Waals surface area contributed by atoms with Crippen LogP contribution in [-0.2, 0) is 9.53 Å². The van der Waals surface area contributed by atoms with E-state index in [2.05, 4.69) is 5.32 Å². The third-order valence-electron chi connectivity index (χ3n) is 3.63. The Morgan fingerprint density at radius 2 is 2.00 bits per heavy atom. The summed E-state index contributed by atoms with van der Waals surface area (Å²) in [6, 6.07) is 9.24. The first-order valence-electron chi connectivity index (χ1n) is 6.78. The average molecular weight is 263 g/mol. The Morgan fingerprint density at radius 3 is 2.63 bits per heavy atom. The molecule has 1 aromatic carbocycles. The zero-order valence-corrected chi connectivity index (χ0v) is 11.2. The summed E-state index contributed by atoms with van der Waals surface area (Å²) in [5, 5.41) is 12.8. The highest BCUT2D eigenvalue weighted by atomic mass is 16.5. The number of hydrogen-bond acceptors (Lipinski definition) is 3. The summed E-state index contributed by atoms with van der Waals surface area (Å²) >= 11 is 0. The van der Waals surface area contributed by atoms with E-state index in [4.69, 9.17) is 4.74 Å². The number of rotatable bonds is 4. The van der Waals surface area contributed by atoms with Crippen molar-refractivity contribution in [2.45, 2.75) is 43.9 Å². The molecule has 0 radical (unpaired) electrons. The summed E-state index contributed by atoms with van der Waals surface area (Å²) in [7, 11) is 1.52. The molecule has 0 bridgehead atoms. The van der Waals surface area contributed by atoms with Crippen molar-refractivity contribution in [3.8, 4) is 0 Å². The summed E-state index contributed by atoms with van der Waals surface area (Å²) < 4.78 is 5.28. The number of benzene rings is 1. The highest BCUT2D eigenvalue weighted by molar-refractivity contribution is 5.82. The largest absolute Gasteiger partial charge is 0.391 e. The molecule has 4 heteroatoms. The molecule has 2 rings (SSSR count). The monoisotopic (exact) mass is 263 g/mol. The van der Waals surface area contributed by atoms with E-state index in [0.717, 1.165) is 31.2 Å². The van der Waals surface area contributed by atoms with Crippen LogP contribution >= 0.6 is 0 Å². The molecule has 0 aliphatic heterocycles. The minimum atomic E-state index is -0.615. The van der Waals surface area contributed by atoms with Gasteiger partial charge in [-0.3, -0.25) is 4.79 Å². The highest BCUT2D eigenvalue weighted by Crippen LogP contribution is 2.21. The SMILES string of the molecule is COC(C(=O)N[C@H]1CCCC[C@@H]1O)c1ccccc1. The molecule has 1 fully saturated rings. The van der Waals surface area contributed by atoms with Gasteiger partial charge in [0, 0.05) is 7.11 Å². The van der Waals surface area contributed by atoms with Crippen molar-refractivity contribution in [2.24, 2.45) is 0 Å². The fourth-order valence-electron chi connectivity index (χ4n) is 2.56. The molecule has 1 aliphatic rings. The van der Waals surface area contributed by atoms with E-state index in [1.54, 1.807) is 0 Å². The Morgan fingerprint density at radius 1 is 1.32 bits per heavy atom. The van der Waals surface area contributed by atoms with E-state index in [1.807, 2.05) is 30.3 Å². The smallest absolute Gasteiger partial charge is 0.254 e. The minimum absolute atomic E-state index is 0.150. The van der Waals surface area contributed by atoms with Gasteiger partial charge in [0.15, 0.2) is 6.10 Å². The van der Waals surface area contributed by atoms with Gasteiger partial charge in [-0.05, 0) is 18.4 Å². The second-order valence-electron chi connectivity index (χ2n) is 4.99. The first-order valence-corrected chi connectivity index (χ1v) is 6.78. The molecule has 1 aliphatic carbocycles. The summed E-state index contributed by atoms with van der Waals surface area (Å²) in [6.07, 6.45) is 2.61. The van der Waals surface area contributed by atoms with Gasteiger partial charge in [-0.25, -0.2) is 0 Å². The van der Waals surface area contributed by atoms with E-state index >= 15 is 0 Å². The van der Waals surface area contributed by atoms with Crippen LogP contribution in [-0.4, -0.2) is 30.3 Å². The van der Waals surface area contributed by atoms with Crippen LogP contribution in [0.5, 0.6) is 0 Å². The first kappa shape index (κ1) is 14.0. The van der Waals surface area contributed by atoms with E-state index in [9.17, 15) is 9.90 Å². The van der Waals surface area contributed by atoms with Crippen molar-refractivity contribution in [1.82, 2.24) is 5.32 Å². The van der Waals surface area contributed by atoms with Gasteiger partial charge in [-0.2, -0.15) is 0 Å². The van der Waals surface area contributed by atoms with Gasteiger partial charge in [0.1, 0.15) is 0 Å². The molecule has 0 heterocycles. The third-order valence-corrected chi connectivity index (χ3v) is 3.63. The molecule has 4 nitrogen and oxygen atoms in total. The number of aliphatic hydroxyl groups is 1. The van der Waals surface area contributed by atoms with Crippen LogP contribution in [0.1, 0.15) is 37.4 Å². The molecule has 104 valence electrons. The summed E-state index contributed by atoms with van der Waals surface area (Å²) in [6.45, 7) is 0. The number of hydrogen-bond donors (Lipinski definition) is 2. The van der Waals surface area contributed by atoms with E-state index in [-0.39, 0.29) is 11.9 Å². The zero-order chi connectivity index (χ0) is 13.7. The lowest BCUT2D eigenvalue weighted by Gasteiger charge is -2.29. The van der Waals surface area contributed by atoms with Crippen LogP contribution in [0.25, 0.3) is 0 Å². The number of carbonyl (C=O) groups is 1. The fourth-order valence-corrected chi connectivity index (χ4v) is 2.56. The molecule has 3 atom stereocenters. The van der Waals surface area contributed by atoms with Gasteiger partial charge in [-0.1, -0.05) is 43.2 Å². The van der Waals surface area contributed by atoms with Crippen LogP contribution in [0.4, 0.5) is 0 Å². The quantitative estimate of drug-likeness (QED) is 0.870. The van der Waals surface area contributed by atoms with E-state index in [0.29, 0.717) is 0 Å². The van der Waals surface area contributed by atoms with Crippen LogP contribution in [0, 0.1) is 0 Å². The number of nitrogens with one attached hydrogen (secondary N) is 1. The second-order valence-corrected chi connectivity index (χ2v) is 4.99. The van der Waals surface area contributed by atoms with Crippen molar-refractivity contribution in [3.05, 3.63) is 35.9 Å². The van der Waals surface area contributed by atoms with Gasteiger partial charge in [-0.15, -0.1) is 0 Å². The molecule has 1 saturated carbocycles. The lowest BCUT2D eigenvalue weighted by Crippen LogP contribution is -2.46. The predicted octanol–water partition coefficient (Wildman–Crippen LogP) is 1.79. The van der Waals surface area contributed by atoms with Gasteiger partial charge in [0.05, 0.1) is 12.1 Å². The number of aliphatic hydroxyl groups excluding tert-OH is 1. The molecule has 0 spiro atoms. The number of amides is 1. The van der Waals surface area contributed by atoms with Gasteiger partial charge < -0.3 is 15.2 Å². The summed E-state index contributed by atoms with van der Waals surface area (Å²) in [5.74, 6) is -0.181. The molecule has 0 aromatic heterocycles. The average Bonchev–Trinajstić information content (AvgIpc) is 2.43. The van der Waals surface area contributed by atoms with E-state index in [1.165, 1.54) is 7.11 Å². The molecule has 1 unspecified atom stereocenters. The van der Waals surface area contributed by atoms with Crippen LogP contribution < -0.4 is 5.32 Å². The lowest BCUT2D eigenvalue weighted by molar-refractivity contribution is -0.133. The number of ether oxygens (including phenoxy) is 1. The third kappa shape index (κ3) is 3.55. The van der Waals surface area contributed by atoms with Gasteiger partial charge in [0.2, 0.25) is 0 Å². The van der Waals surface area contributed by atoms with Gasteiger partial charge >= 0.3 is 0 Å². The molecule has 19 heavy (non-hydrogen) atoms. The van der Waals surface area contributed by atoms with Crippen molar-refractivity contribution in [1.29, 1.82) is 0 Å². The van der Waals surface area contributed by atoms with Gasteiger partial charge in [0.25, 0.3) is 5.91 Å². The zero-order valence-electron chi connectivity index (χ0n) is 11.2. The van der Waals surface area contributed by atoms with E-state index < -0.39 is 12.2 Å². The topological polar surface area (TPSA) is 58.6 Å². The Balaban J connectivity index is 2.01. The normalized spacial score (nSPS) is 24.7. The Labute approximate surface area is 113 Å². The molecule has 1 aromatic rings. The molecular formula is C15H21NO3. The molecule has 0 saturated heterocycles. The fraction of sp³-hybridized carbons (Fsp3) is 0.533. The Hall–Kier alpha value is -1.39. The van der Waals surface area contributed by atoms with Crippen LogP contribution in [0.2, 0.25) is 0 Å². The molecule has 1 amide bonds. The van der Waals surface area contributed by atoms with Crippen molar-refractivity contribution >= 4 is 5.91 Å². The highest BCUT2D eigenvalue weighted by Gasteiger charge is 2.28. The summed E-state index contributed by atoms with van der Waals surface area (Å²) in [5.41, 5.74) is 0.827. The van der Waals surface area contributed by atoms with Crippen molar-refractivity contribution < 1.29 is 14.6 Å². The number of methoxy groups -OCH3 is 1. The molecule has 2 N–H and O–H groups in total. The van der Waals surface area contributed by atoms with Crippen molar-refractivity contribution in [2.75, 3.05) is 7.11 Å². The van der Waals surface area contributed by atoms with Crippen LogP contribution in [0.15, 0.2) is 30.3 Å². The maximum Gasteiger partial charge on any atom is 0.254 e. The Bertz CT molecular complexity index is 407. The second kappa shape index (κ2) is 6.68. The van der Waals surface area contributed by atoms with Crippen LogP contribution in [0.3, 0.4) is 0 Å². The molecular weight excluding hydrogens is 242 g/mol. The number of carbonyl (C=O) groups excluding carboxylic acids is 1. The van der Waals surface area contributed by atoms with Crippen molar-refractivity contribution in [3.63, 3.8) is 0 Å². The Kier molecular flexibility index (Phi) is 4.93. The maximum atomic E-state index is 12.2.